The molecule has 1 atom stereocenters. The number of hydrogen-bond donors (Lipinski definition) is 1. The van der Waals surface area contributed by atoms with Gasteiger partial charge in [0.1, 0.15) is 0 Å². The van der Waals surface area contributed by atoms with Crippen LogP contribution in [0.25, 0.3) is 0 Å². The van der Waals surface area contributed by atoms with E-state index >= 15 is 0 Å². The summed E-state index contributed by atoms with van der Waals surface area (Å²) >= 11 is 0. The fourth-order valence-corrected chi connectivity index (χ4v) is 1.78. The third kappa shape index (κ3) is 0.666. The van der Waals surface area contributed by atoms with E-state index in [1.165, 1.54) is 5.56 Å². The van der Waals surface area contributed by atoms with Crippen molar-refractivity contribution in [2.75, 3.05) is 6.54 Å². The average Bonchev–Trinajstić information content (AvgIpc) is 2.74. The fraction of sp³-hybridized carbons (Fsp3) is 0.300. The van der Waals surface area contributed by atoms with E-state index in [-0.39, 0.29) is 5.41 Å². The molecule has 2 rings (SSSR count). The largest absolute Gasteiger partial charge is 0.329 e. The Labute approximate surface area is 71.6 Å². The van der Waals surface area contributed by atoms with Crippen LogP contribution in [0.1, 0.15) is 23.6 Å². The van der Waals surface area contributed by atoms with Gasteiger partial charge < -0.3 is 5.73 Å². The van der Waals surface area contributed by atoms with Crippen molar-refractivity contribution < 1.29 is 0 Å². The van der Waals surface area contributed by atoms with E-state index < -0.39 is 0 Å². The lowest BCUT2D eigenvalue weighted by atomic mass is 10.0. The van der Waals surface area contributed by atoms with Crippen LogP contribution in [0.15, 0.2) is 18.2 Å². The Hall–Kier alpha value is -1.33. The van der Waals surface area contributed by atoms with Crippen molar-refractivity contribution in [2.45, 2.75) is 12.3 Å². The van der Waals surface area contributed by atoms with Gasteiger partial charge in [-0.05, 0) is 17.2 Å². The molecule has 1 aromatic carbocycles. The van der Waals surface area contributed by atoms with Crippen molar-refractivity contribution in [1.82, 2.24) is 0 Å². The van der Waals surface area contributed by atoms with E-state index in [1.807, 2.05) is 18.2 Å². The molecule has 0 amide bonds. The Kier molecular flexibility index (Phi) is 1.27. The molecule has 2 N–H and O–H groups in total. The third-order valence-corrected chi connectivity index (χ3v) is 2.68. The summed E-state index contributed by atoms with van der Waals surface area (Å²) in [6.07, 6.45) is 0. The number of hydrogen-bond acceptors (Lipinski definition) is 2. The van der Waals surface area contributed by atoms with E-state index in [9.17, 15) is 0 Å². The van der Waals surface area contributed by atoms with Gasteiger partial charge in [0, 0.05) is 12.0 Å². The van der Waals surface area contributed by atoms with Crippen LogP contribution in [0.2, 0.25) is 0 Å². The smallest absolute Gasteiger partial charge is 0.0994 e. The number of nitriles is 1. The molecule has 0 radical (unpaired) electrons. The zero-order valence-electron chi connectivity index (χ0n) is 6.96. The van der Waals surface area contributed by atoms with Crippen molar-refractivity contribution in [3.8, 4) is 6.07 Å². The highest BCUT2D eigenvalue weighted by Crippen LogP contribution is 2.50. The molecule has 1 unspecified atom stereocenters. The topological polar surface area (TPSA) is 49.8 Å². The summed E-state index contributed by atoms with van der Waals surface area (Å²) in [5.41, 5.74) is 8.79. The Morgan fingerprint density at radius 1 is 1.58 bits per heavy atom. The maximum absolute atomic E-state index is 8.79. The molecule has 1 aliphatic rings. The number of benzene rings is 1. The van der Waals surface area contributed by atoms with Crippen molar-refractivity contribution >= 4 is 0 Å². The Bertz CT molecular complexity index is 376. The molecule has 1 aromatic rings. The first-order chi connectivity index (χ1) is 5.74. The minimum absolute atomic E-state index is 0.00539. The molecule has 0 saturated heterocycles. The molecule has 0 aromatic heterocycles. The second kappa shape index (κ2) is 2.09. The van der Waals surface area contributed by atoms with Crippen molar-refractivity contribution in [3.63, 3.8) is 0 Å². The highest BCUT2D eigenvalue weighted by Gasteiger charge is 2.46. The normalized spacial score (nSPS) is 24.4. The highest BCUT2D eigenvalue weighted by atomic mass is 14.7. The zero-order valence-corrected chi connectivity index (χ0v) is 6.96. The molecule has 12 heavy (non-hydrogen) atoms. The molecule has 0 heterocycles. The average molecular weight is 158 g/mol. The van der Waals surface area contributed by atoms with E-state index in [0.29, 0.717) is 6.54 Å². The number of fused-ring (bicyclic) bond motifs is 1. The highest BCUT2D eigenvalue weighted by molar-refractivity contribution is 5.66. The van der Waals surface area contributed by atoms with Crippen molar-refractivity contribution in [1.29, 1.82) is 5.26 Å². The van der Waals surface area contributed by atoms with Gasteiger partial charge >= 0.3 is 0 Å². The third-order valence-electron chi connectivity index (χ3n) is 2.68. The molecule has 2 nitrogen and oxygen atoms in total. The van der Waals surface area contributed by atoms with Gasteiger partial charge in [-0.1, -0.05) is 19.1 Å². The molecule has 2 heteroatoms. The van der Waals surface area contributed by atoms with Crippen LogP contribution in [0.3, 0.4) is 0 Å². The van der Waals surface area contributed by atoms with Gasteiger partial charge in [-0.2, -0.15) is 5.26 Å². The lowest BCUT2D eigenvalue weighted by Crippen LogP contribution is -2.17. The summed E-state index contributed by atoms with van der Waals surface area (Å²) in [7, 11) is 0. The lowest BCUT2D eigenvalue weighted by Gasteiger charge is -2.02. The zero-order chi connectivity index (χ0) is 8.77. The van der Waals surface area contributed by atoms with Gasteiger partial charge in [0.2, 0.25) is 0 Å². The molecule has 0 spiro atoms. The van der Waals surface area contributed by atoms with E-state index in [1.54, 1.807) is 0 Å². The maximum Gasteiger partial charge on any atom is 0.0994 e. The van der Waals surface area contributed by atoms with Crippen molar-refractivity contribution in [3.05, 3.63) is 34.9 Å². The van der Waals surface area contributed by atoms with Crippen LogP contribution in [-0.2, 0) is 5.41 Å². The Balaban J connectivity index is 2.55. The molecule has 0 saturated carbocycles. The van der Waals surface area contributed by atoms with Gasteiger partial charge in [-0.15, -0.1) is 0 Å². The van der Waals surface area contributed by atoms with Gasteiger partial charge in [-0.25, -0.2) is 0 Å². The molecular weight excluding hydrogens is 148 g/mol. The first-order valence-corrected chi connectivity index (χ1v) is 3.98. The van der Waals surface area contributed by atoms with Gasteiger partial charge in [0.05, 0.1) is 11.6 Å². The summed E-state index contributed by atoms with van der Waals surface area (Å²) in [4.78, 5) is 0. The van der Waals surface area contributed by atoms with Crippen LogP contribution >= 0.6 is 0 Å². The minimum Gasteiger partial charge on any atom is -0.329 e. The Morgan fingerprint density at radius 2 is 2.33 bits per heavy atom. The number of nitrogens with zero attached hydrogens (tertiary/aromatic N) is 1. The first-order valence-electron chi connectivity index (χ1n) is 3.98. The van der Waals surface area contributed by atoms with E-state index in [0.717, 1.165) is 11.1 Å². The van der Waals surface area contributed by atoms with Crippen LogP contribution in [0.5, 0.6) is 0 Å². The van der Waals surface area contributed by atoms with Crippen LogP contribution in [0, 0.1) is 11.3 Å². The SMILES string of the molecule is CC1(CN)c2cccc(C#N)c21. The van der Waals surface area contributed by atoms with Crippen LogP contribution in [0.4, 0.5) is 0 Å². The monoisotopic (exact) mass is 158 g/mol. The van der Waals surface area contributed by atoms with E-state index in [2.05, 4.69) is 13.0 Å². The molecule has 60 valence electrons. The number of rotatable bonds is 1. The Morgan fingerprint density at radius 3 is 2.92 bits per heavy atom. The maximum atomic E-state index is 8.79. The molecule has 0 aliphatic heterocycles. The predicted molar refractivity (Wildman–Crippen MR) is 46.7 cm³/mol. The minimum atomic E-state index is -0.00539. The van der Waals surface area contributed by atoms with Crippen LogP contribution < -0.4 is 5.73 Å². The summed E-state index contributed by atoms with van der Waals surface area (Å²) < 4.78 is 0. The summed E-state index contributed by atoms with van der Waals surface area (Å²) in [5, 5.41) is 8.79. The van der Waals surface area contributed by atoms with Gasteiger partial charge in [-0.3, -0.25) is 0 Å². The number of nitrogens with two attached hydrogens (primary N) is 1. The summed E-state index contributed by atoms with van der Waals surface area (Å²) in [6.45, 7) is 2.68. The molecule has 0 fully saturated rings. The molecular formula is C10H10N2. The van der Waals surface area contributed by atoms with Gasteiger partial charge in [0.25, 0.3) is 0 Å². The fourth-order valence-electron chi connectivity index (χ4n) is 1.78. The predicted octanol–water partition coefficient (Wildman–Crippen LogP) is 1.14. The first kappa shape index (κ1) is 7.33. The second-order valence-electron chi connectivity index (χ2n) is 3.38. The van der Waals surface area contributed by atoms with Gasteiger partial charge in [0.15, 0.2) is 0 Å². The molecule has 1 aliphatic carbocycles. The summed E-state index contributed by atoms with van der Waals surface area (Å²) in [5.74, 6) is 0. The molecule has 0 bridgehead atoms. The van der Waals surface area contributed by atoms with Crippen molar-refractivity contribution in [2.24, 2.45) is 5.73 Å². The van der Waals surface area contributed by atoms with E-state index in [4.69, 9.17) is 11.0 Å². The summed E-state index contributed by atoms with van der Waals surface area (Å²) in [6, 6.07) is 7.99. The van der Waals surface area contributed by atoms with Crippen LogP contribution in [-0.4, -0.2) is 6.54 Å². The standard InChI is InChI=1S/C10H10N2/c1-10(6-12)8-4-2-3-7(5-11)9(8)10/h2-4H,6,12H2,1H3. The quantitative estimate of drug-likeness (QED) is 0.666. The lowest BCUT2D eigenvalue weighted by molar-refractivity contribution is 0.708. The second-order valence-corrected chi connectivity index (χ2v) is 3.38.